The second-order valence-corrected chi connectivity index (χ2v) is 11.1. The van der Waals surface area contributed by atoms with Crippen LogP contribution in [0, 0.1) is 5.82 Å². The molecule has 6 rings (SSSR count). The summed E-state index contributed by atoms with van der Waals surface area (Å²) in [6.45, 7) is 1.70. The highest BCUT2D eigenvalue weighted by Crippen LogP contribution is 2.39. The number of benzene rings is 1. The Balaban J connectivity index is 1.26. The van der Waals surface area contributed by atoms with Crippen LogP contribution in [-0.2, 0) is 29.1 Å². The highest BCUT2D eigenvalue weighted by atomic mass is 35.5. The van der Waals surface area contributed by atoms with Crippen molar-refractivity contribution in [3.8, 4) is 5.75 Å². The fraction of sp³-hybridized carbons (Fsp3) is 0.407. The lowest BCUT2D eigenvalue weighted by Crippen LogP contribution is -2.56. The number of hydrogen-bond donors (Lipinski definition) is 0. The summed E-state index contributed by atoms with van der Waals surface area (Å²) < 4.78 is 49.5. The highest BCUT2D eigenvalue weighted by molar-refractivity contribution is 6.31. The molecule has 0 spiro atoms. The molecule has 0 saturated carbocycles. The average Bonchev–Trinajstić information content (AvgIpc) is 3.28. The molecule has 0 aliphatic carbocycles. The van der Waals surface area contributed by atoms with Crippen molar-refractivity contribution in [1.82, 2.24) is 24.3 Å². The Bertz CT molecular complexity index is 1540. The van der Waals surface area contributed by atoms with Gasteiger partial charge < -0.3 is 24.0 Å². The minimum atomic E-state index is -2.76. The van der Waals surface area contributed by atoms with E-state index in [1.165, 1.54) is 30.0 Å². The zero-order valence-corrected chi connectivity index (χ0v) is 23.4. The fourth-order valence-electron chi connectivity index (χ4n) is 5.57. The molecule has 216 valence electrons. The van der Waals surface area contributed by atoms with Crippen LogP contribution in [0.15, 0.2) is 30.3 Å². The molecule has 5 heterocycles. The van der Waals surface area contributed by atoms with E-state index < -0.39 is 43.4 Å². The van der Waals surface area contributed by atoms with Crippen LogP contribution < -0.4 is 9.64 Å². The molecule has 9 nitrogen and oxygen atoms in total. The van der Waals surface area contributed by atoms with Crippen molar-refractivity contribution in [2.45, 2.75) is 38.4 Å². The van der Waals surface area contributed by atoms with Crippen molar-refractivity contribution in [1.29, 1.82) is 0 Å². The summed E-state index contributed by atoms with van der Waals surface area (Å²) >= 11 is 12.3. The fourth-order valence-corrected chi connectivity index (χ4v) is 5.93. The number of aromatic nitrogens is 3. The van der Waals surface area contributed by atoms with Gasteiger partial charge in [0.2, 0.25) is 5.91 Å². The first-order chi connectivity index (χ1) is 19.5. The van der Waals surface area contributed by atoms with Crippen LogP contribution in [0.25, 0.3) is 0 Å². The Morgan fingerprint density at radius 2 is 1.88 bits per heavy atom. The molecule has 0 radical (unpaired) electrons. The van der Waals surface area contributed by atoms with Gasteiger partial charge in [-0.1, -0.05) is 29.3 Å². The number of carbonyl (C=O) groups is 2. The number of hydrogen-bond acceptors (Lipinski definition) is 6. The van der Waals surface area contributed by atoms with Gasteiger partial charge in [0.1, 0.15) is 23.5 Å². The SMILES string of the molecule is CC(=O)N1CCn2c(nc3c2C(c2ccc(Cl)cc2F)N(C(=O)COc2ccc(N4CC(F)(F)C4)nc2Cl)CC3)C1. The van der Waals surface area contributed by atoms with Crippen LogP contribution >= 0.6 is 23.2 Å². The summed E-state index contributed by atoms with van der Waals surface area (Å²) in [5.41, 5.74) is 1.70. The Labute approximate surface area is 243 Å². The first kappa shape index (κ1) is 27.6. The van der Waals surface area contributed by atoms with Crippen LogP contribution in [-0.4, -0.2) is 74.9 Å². The Morgan fingerprint density at radius 3 is 2.56 bits per heavy atom. The second-order valence-electron chi connectivity index (χ2n) is 10.3. The van der Waals surface area contributed by atoms with E-state index in [0.717, 1.165) is 5.69 Å². The molecule has 1 fully saturated rings. The van der Waals surface area contributed by atoms with Crippen molar-refractivity contribution >= 4 is 40.8 Å². The second kappa shape index (κ2) is 10.4. The third-order valence-corrected chi connectivity index (χ3v) is 8.10. The molecule has 0 N–H and O–H groups in total. The average molecular weight is 609 g/mol. The number of pyridine rings is 1. The maximum absolute atomic E-state index is 15.3. The van der Waals surface area contributed by atoms with Gasteiger partial charge in [-0.3, -0.25) is 9.59 Å². The third-order valence-electron chi connectivity index (χ3n) is 7.59. The smallest absolute Gasteiger partial charge is 0.282 e. The molecule has 2 aromatic heterocycles. The molecule has 1 aromatic carbocycles. The number of imidazole rings is 1. The van der Waals surface area contributed by atoms with Gasteiger partial charge in [-0.25, -0.2) is 23.1 Å². The molecular weight excluding hydrogens is 584 g/mol. The summed E-state index contributed by atoms with van der Waals surface area (Å²) in [5, 5.41) is 0.162. The lowest BCUT2D eigenvalue weighted by Gasteiger charge is -2.39. The van der Waals surface area contributed by atoms with E-state index >= 15 is 4.39 Å². The van der Waals surface area contributed by atoms with Gasteiger partial charge in [0, 0.05) is 43.6 Å². The first-order valence-corrected chi connectivity index (χ1v) is 13.8. The van der Waals surface area contributed by atoms with Crippen LogP contribution in [0.1, 0.15) is 35.7 Å². The molecule has 41 heavy (non-hydrogen) atoms. The van der Waals surface area contributed by atoms with Gasteiger partial charge in [-0.05, 0) is 24.3 Å². The molecule has 3 aromatic rings. The van der Waals surface area contributed by atoms with Crippen molar-refractivity contribution in [3.63, 3.8) is 0 Å². The van der Waals surface area contributed by atoms with Crippen LogP contribution in [0.4, 0.5) is 19.0 Å². The van der Waals surface area contributed by atoms with E-state index in [0.29, 0.717) is 37.6 Å². The monoisotopic (exact) mass is 608 g/mol. The van der Waals surface area contributed by atoms with E-state index in [1.807, 2.05) is 4.57 Å². The zero-order valence-electron chi connectivity index (χ0n) is 21.9. The number of halogens is 5. The van der Waals surface area contributed by atoms with Gasteiger partial charge in [0.05, 0.1) is 31.0 Å². The number of carbonyl (C=O) groups excluding carboxylic acids is 2. The predicted molar refractivity (Wildman–Crippen MR) is 144 cm³/mol. The van der Waals surface area contributed by atoms with E-state index in [4.69, 9.17) is 32.9 Å². The zero-order chi connectivity index (χ0) is 29.1. The largest absolute Gasteiger partial charge is 0.481 e. The number of amides is 2. The van der Waals surface area contributed by atoms with Gasteiger partial charge in [0.15, 0.2) is 17.5 Å². The summed E-state index contributed by atoms with van der Waals surface area (Å²) in [6, 6.07) is 6.51. The lowest BCUT2D eigenvalue weighted by molar-refractivity contribution is -0.135. The van der Waals surface area contributed by atoms with Crippen LogP contribution in [0.5, 0.6) is 5.75 Å². The van der Waals surface area contributed by atoms with Gasteiger partial charge in [-0.15, -0.1) is 0 Å². The molecule has 0 bridgehead atoms. The highest BCUT2D eigenvalue weighted by Gasteiger charge is 2.44. The van der Waals surface area contributed by atoms with Crippen molar-refractivity contribution in [3.05, 3.63) is 69.1 Å². The van der Waals surface area contributed by atoms with Gasteiger partial charge in [-0.2, -0.15) is 0 Å². The number of nitrogens with zero attached hydrogens (tertiary/aromatic N) is 6. The molecular formula is C27H25Cl2F3N6O3. The topological polar surface area (TPSA) is 83.8 Å². The van der Waals surface area contributed by atoms with Crippen molar-refractivity contribution in [2.24, 2.45) is 0 Å². The normalized spacial score (nSPS) is 19.4. The quantitative estimate of drug-likeness (QED) is 0.406. The Morgan fingerprint density at radius 1 is 1.10 bits per heavy atom. The van der Waals surface area contributed by atoms with Crippen LogP contribution in [0.3, 0.4) is 0 Å². The van der Waals surface area contributed by atoms with E-state index in [1.54, 1.807) is 21.9 Å². The van der Waals surface area contributed by atoms with Gasteiger partial charge in [0.25, 0.3) is 11.8 Å². The van der Waals surface area contributed by atoms with Gasteiger partial charge >= 0.3 is 0 Å². The number of fused-ring (bicyclic) bond motifs is 3. The number of alkyl halides is 2. The minimum Gasteiger partial charge on any atom is -0.481 e. The van der Waals surface area contributed by atoms with Crippen molar-refractivity contribution < 1.29 is 27.5 Å². The van der Waals surface area contributed by atoms with E-state index in [2.05, 4.69) is 4.98 Å². The number of anilines is 1. The molecule has 14 heteroatoms. The Hall–Kier alpha value is -3.51. The summed E-state index contributed by atoms with van der Waals surface area (Å²) in [6.07, 6.45) is 0.435. The standard InChI is InChI=1S/C27H25Cl2F3N6O3/c1-15(39)35-8-9-37-22(11-35)33-19-6-7-38(24(25(19)37)17-3-2-16(28)10-18(17)30)23(40)12-41-20-4-5-21(34-26(20)29)36-13-27(31,32)14-36/h2-5,10,24H,6-9,11-14H2,1H3. The molecule has 3 aliphatic rings. The molecule has 3 aliphatic heterocycles. The summed E-state index contributed by atoms with van der Waals surface area (Å²) in [4.78, 5) is 39.1. The molecule has 1 saturated heterocycles. The first-order valence-electron chi connectivity index (χ1n) is 13.0. The maximum Gasteiger partial charge on any atom is 0.282 e. The molecule has 1 atom stereocenters. The summed E-state index contributed by atoms with van der Waals surface area (Å²) in [5.74, 6) is -2.72. The summed E-state index contributed by atoms with van der Waals surface area (Å²) in [7, 11) is 0. The van der Waals surface area contributed by atoms with E-state index in [-0.39, 0.29) is 39.8 Å². The predicted octanol–water partition coefficient (Wildman–Crippen LogP) is 4.09. The Kier molecular flexibility index (Phi) is 7.01. The van der Waals surface area contributed by atoms with Crippen LogP contribution in [0.2, 0.25) is 10.2 Å². The third kappa shape index (κ3) is 5.19. The molecule has 2 amide bonds. The maximum atomic E-state index is 15.3. The minimum absolute atomic E-state index is 0.0598. The van der Waals surface area contributed by atoms with Crippen molar-refractivity contribution in [2.75, 3.05) is 37.7 Å². The lowest BCUT2D eigenvalue weighted by atomic mass is 9.94. The number of ether oxygens (including phenoxy) is 1. The number of rotatable bonds is 5. The molecule has 1 unspecified atom stereocenters. The van der Waals surface area contributed by atoms with E-state index in [9.17, 15) is 18.4 Å².